The van der Waals surface area contributed by atoms with E-state index in [0.29, 0.717) is 0 Å². The molecule has 0 amide bonds. The number of nitrogens with zero attached hydrogens (tertiary/aromatic N) is 2. The minimum atomic E-state index is -0.894. The summed E-state index contributed by atoms with van der Waals surface area (Å²) in [4.78, 5) is 13.6. The SMILES string of the molecule is O=[N+]([O-])Oc1ccsn1. The Balaban J connectivity index is 2.58. The smallest absolute Gasteiger partial charge is 0.255 e. The van der Waals surface area contributed by atoms with E-state index in [9.17, 15) is 10.1 Å². The monoisotopic (exact) mass is 146 g/mol. The van der Waals surface area contributed by atoms with Crippen molar-refractivity contribution in [3.63, 3.8) is 0 Å². The number of hydrogen-bond acceptors (Lipinski definition) is 5. The van der Waals surface area contributed by atoms with Crippen LogP contribution in [0.1, 0.15) is 0 Å². The molecule has 9 heavy (non-hydrogen) atoms. The lowest BCUT2D eigenvalue weighted by Crippen LogP contribution is -2.02. The molecule has 0 aromatic carbocycles. The highest BCUT2D eigenvalue weighted by Crippen LogP contribution is 2.07. The Morgan fingerprint density at radius 1 is 1.89 bits per heavy atom. The lowest BCUT2D eigenvalue weighted by Gasteiger charge is -1.86. The van der Waals surface area contributed by atoms with Crippen molar-refractivity contribution in [3.8, 4) is 5.88 Å². The summed E-state index contributed by atoms with van der Waals surface area (Å²) in [5.74, 6) is 0.0324. The average Bonchev–Trinajstić information content (AvgIpc) is 2.15. The predicted molar refractivity (Wildman–Crippen MR) is 29.7 cm³/mol. The second kappa shape index (κ2) is 2.40. The normalized spacial score (nSPS) is 8.89. The fourth-order valence-electron chi connectivity index (χ4n) is 0.325. The highest BCUT2D eigenvalue weighted by molar-refractivity contribution is 7.03. The molecule has 0 unspecified atom stereocenters. The molecule has 0 saturated heterocycles. The standard InChI is InChI=1S/C3H2N2O3S/c6-5(7)8-3-1-2-9-4-3/h1-2H. The zero-order valence-corrected chi connectivity index (χ0v) is 5.00. The van der Waals surface area contributed by atoms with E-state index < -0.39 is 5.09 Å². The van der Waals surface area contributed by atoms with Gasteiger partial charge in [0.05, 0.1) is 0 Å². The summed E-state index contributed by atoms with van der Waals surface area (Å²) < 4.78 is 3.53. The topological polar surface area (TPSA) is 65.3 Å². The van der Waals surface area contributed by atoms with Gasteiger partial charge in [0.15, 0.2) is 0 Å². The van der Waals surface area contributed by atoms with Crippen LogP contribution >= 0.6 is 11.5 Å². The zero-order valence-electron chi connectivity index (χ0n) is 4.18. The Bertz CT molecular complexity index is 197. The minimum Gasteiger partial charge on any atom is -0.255 e. The van der Waals surface area contributed by atoms with Crippen molar-refractivity contribution >= 4 is 11.5 Å². The molecular weight excluding hydrogens is 144 g/mol. The van der Waals surface area contributed by atoms with Gasteiger partial charge in [-0.05, 0) is 17.6 Å². The van der Waals surface area contributed by atoms with Crippen molar-refractivity contribution in [2.45, 2.75) is 0 Å². The van der Waals surface area contributed by atoms with Gasteiger partial charge in [-0.2, -0.15) is 4.37 Å². The van der Waals surface area contributed by atoms with Crippen LogP contribution in [0.15, 0.2) is 11.4 Å². The van der Waals surface area contributed by atoms with Gasteiger partial charge in [0, 0.05) is 5.38 Å². The predicted octanol–water partition coefficient (Wildman–Crippen LogP) is 0.714. The molecule has 0 fully saturated rings. The van der Waals surface area contributed by atoms with Gasteiger partial charge in [0.25, 0.3) is 0 Å². The van der Waals surface area contributed by atoms with Crippen LogP contribution in [0.2, 0.25) is 0 Å². The molecule has 0 saturated carbocycles. The molecule has 0 aliphatic heterocycles. The van der Waals surface area contributed by atoms with Crippen LogP contribution in [0.5, 0.6) is 5.88 Å². The van der Waals surface area contributed by atoms with E-state index >= 15 is 0 Å². The third-order valence-electron chi connectivity index (χ3n) is 0.582. The third-order valence-corrected chi connectivity index (χ3v) is 1.13. The molecule has 48 valence electrons. The Hall–Kier alpha value is -1.17. The van der Waals surface area contributed by atoms with Crippen LogP contribution in [0.4, 0.5) is 0 Å². The van der Waals surface area contributed by atoms with Crippen molar-refractivity contribution in [2.75, 3.05) is 0 Å². The first-order valence-corrected chi connectivity index (χ1v) is 2.85. The Kier molecular flexibility index (Phi) is 1.59. The van der Waals surface area contributed by atoms with Gasteiger partial charge in [-0.25, -0.2) is 0 Å². The second-order valence-electron chi connectivity index (χ2n) is 1.15. The third kappa shape index (κ3) is 1.65. The van der Waals surface area contributed by atoms with Crippen molar-refractivity contribution in [1.29, 1.82) is 0 Å². The molecule has 0 aliphatic rings. The van der Waals surface area contributed by atoms with E-state index in [2.05, 4.69) is 9.21 Å². The van der Waals surface area contributed by atoms with Gasteiger partial charge < -0.3 is 0 Å². The van der Waals surface area contributed by atoms with Gasteiger partial charge in [-0.3, -0.25) is 4.84 Å². The molecule has 0 bridgehead atoms. The number of hydrogen-bond donors (Lipinski definition) is 0. The summed E-state index contributed by atoms with van der Waals surface area (Å²) in [6.45, 7) is 0. The van der Waals surface area contributed by atoms with Crippen LogP contribution in [-0.2, 0) is 0 Å². The molecule has 5 nitrogen and oxygen atoms in total. The highest BCUT2D eigenvalue weighted by Gasteiger charge is 1.98. The Morgan fingerprint density at radius 3 is 3.11 bits per heavy atom. The Morgan fingerprint density at radius 2 is 2.67 bits per heavy atom. The van der Waals surface area contributed by atoms with E-state index in [0.717, 1.165) is 11.5 Å². The van der Waals surface area contributed by atoms with E-state index in [1.54, 1.807) is 5.38 Å². The lowest BCUT2D eigenvalue weighted by atomic mass is 10.7. The first kappa shape index (κ1) is 5.96. The van der Waals surface area contributed by atoms with Crippen molar-refractivity contribution in [1.82, 2.24) is 4.37 Å². The molecule has 1 aromatic heterocycles. The quantitative estimate of drug-likeness (QED) is 0.455. The first-order valence-electron chi connectivity index (χ1n) is 2.02. The summed E-state index contributed by atoms with van der Waals surface area (Å²) in [6, 6.07) is 1.42. The maximum absolute atomic E-state index is 9.61. The largest absolute Gasteiger partial charge is 0.301 e. The van der Waals surface area contributed by atoms with Gasteiger partial charge in [0.1, 0.15) is 0 Å². The molecule has 0 aliphatic carbocycles. The van der Waals surface area contributed by atoms with Crippen molar-refractivity contribution in [3.05, 3.63) is 21.6 Å². The second-order valence-corrected chi connectivity index (χ2v) is 1.82. The van der Waals surface area contributed by atoms with Crippen LogP contribution < -0.4 is 4.84 Å². The molecule has 0 atom stereocenters. The van der Waals surface area contributed by atoms with Crippen LogP contribution in [0.25, 0.3) is 0 Å². The number of rotatable bonds is 2. The molecule has 1 aromatic rings. The maximum Gasteiger partial charge on any atom is 0.301 e. The maximum atomic E-state index is 9.61. The summed E-state index contributed by atoms with van der Waals surface area (Å²) >= 11 is 1.10. The molecule has 1 rings (SSSR count). The summed E-state index contributed by atoms with van der Waals surface area (Å²) in [5.41, 5.74) is 0. The van der Waals surface area contributed by atoms with Crippen molar-refractivity contribution in [2.24, 2.45) is 0 Å². The summed E-state index contributed by atoms with van der Waals surface area (Å²) in [6.07, 6.45) is 0. The molecule has 0 radical (unpaired) electrons. The molecule has 6 heteroatoms. The van der Waals surface area contributed by atoms with E-state index in [1.807, 2.05) is 0 Å². The van der Waals surface area contributed by atoms with E-state index in [-0.39, 0.29) is 5.88 Å². The molecule has 0 N–H and O–H groups in total. The fraction of sp³-hybridized carbons (Fsp3) is 0. The van der Waals surface area contributed by atoms with Gasteiger partial charge in [-0.1, -0.05) is 0 Å². The number of aromatic nitrogens is 1. The van der Waals surface area contributed by atoms with Crippen LogP contribution in [0.3, 0.4) is 0 Å². The zero-order chi connectivity index (χ0) is 6.69. The lowest BCUT2D eigenvalue weighted by molar-refractivity contribution is -0.712. The molecule has 1 heterocycles. The Labute approximate surface area is 54.2 Å². The van der Waals surface area contributed by atoms with Gasteiger partial charge >= 0.3 is 5.09 Å². The minimum absolute atomic E-state index is 0.0324. The summed E-state index contributed by atoms with van der Waals surface area (Å²) in [7, 11) is 0. The van der Waals surface area contributed by atoms with Crippen LogP contribution in [-0.4, -0.2) is 9.46 Å². The summed E-state index contributed by atoms with van der Waals surface area (Å²) in [5, 5.41) is 10.3. The van der Waals surface area contributed by atoms with E-state index in [4.69, 9.17) is 0 Å². The van der Waals surface area contributed by atoms with Crippen LogP contribution in [0, 0.1) is 10.1 Å². The highest BCUT2D eigenvalue weighted by atomic mass is 32.1. The average molecular weight is 146 g/mol. The van der Waals surface area contributed by atoms with Gasteiger partial charge in [0.2, 0.25) is 5.88 Å². The molecule has 0 spiro atoms. The first-order chi connectivity index (χ1) is 4.29. The van der Waals surface area contributed by atoms with Crippen molar-refractivity contribution < 1.29 is 9.92 Å². The van der Waals surface area contributed by atoms with E-state index in [1.165, 1.54) is 6.07 Å². The molecular formula is C3H2N2O3S. The fourth-order valence-corrected chi connectivity index (χ4v) is 0.761. The van der Waals surface area contributed by atoms with Gasteiger partial charge in [-0.15, -0.1) is 10.1 Å².